The highest BCUT2D eigenvalue weighted by molar-refractivity contribution is 5.94. The molecule has 1 aromatic rings. The van der Waals surface area contributed by atoms with Gasteiger partial charge in [-0.25, -0.2) is 4.39 Å². The van der Waals surface area contributed by atoms with E-state index in [0.29, 0.717) is 12.1 Å². The van der Waals surface area contributed by atoms with E-state index in [9.17, 15) is 22.4 Å². The molecule has 1 rings (SSSR count). The summed E-state index contributed by atoms with van der Waals surface area (Å²) < 4.78 is 49.1. The Morgan fingerprint density at radius 2 is 1.69 bits per heavy atom. The summed E-state index contributed by atoms with van der Waals surface area (Å²) in [5.41, 5.74) is -1.57. The first kappa shape index (κ1) is 14.6. The Morgan fingerprint density at radius 3 is 2.06 bits per heavy atom. The van der Waals surface area contributed by atoms with Crippen LogP contribution >= 0.6 is 0 Å². The monoisotopic (exact) mass is 236 g/mol. The van der Waals surface area contributed by atoms with Gasteiger partial charge in [-0.2, -0.15) is 13.2 Å². The second-order valence-corrected chi connectivity index (χ2v) is 2.75. The van der Waals surface area contributed by atoms with Gasteiger partial charge in [0, 0.05) is 5.56 Å². The van der Waals surface area contributed by atoms with Crippen molar-refractivity contribution in [1.82, 2.24) is 0 Å². The van der Waals surface area contributed by atoms with Gasteiger partial charge in [0.25, 0.3) is 0 Å². The fraction of sp³-hybridized carbons (Fsp3) is 0.364. The van der Waals surface area contributed by atoms with Crippen LogP contribution in [0.5, 0.6) is 0 Å². The molecule has 0 aromatic heterocycles. The SMILES string of the molecule is CC.CC(=O)c1ccc(F)c(C(F)(F)F)c1. The first-order valence-electron chi connectivity index (χ1n) is 4.70. The molecular formula is C11H12F4O. The van der Waals surface area contributed by atoms with Crippen molar-refractivity contribution in [3.8, 4) is 0 Å². The first-order valence-corrected chi connectivity index (χ1v) is 4.70. The van der Waals surface area contributed by atoms with Crippen LogP contribution in [0.15, 0.2) is 18.2 Å². The lowest BCUT2D eigenvalue weighted by molar-refractivity contribution is -0.140. The molecule has 0 fully saturated rings. The van der Waals surface area contributed by atoms with E-state index in [1.54, 1.807) is 0 Å². The summed E-state index contributed by atoms with van der Waals surface area (Å²) >= 11 is 0. The van der Waals surface area contributed by atoms with Gasteiger partial charge in [0.2, 0.25) is 0 Å². The van der Waals surface area contributed by atoms with Gasteiger partial charge in [0.05, 0.1) is 5.56 Å². The average molecular weight is 236 g/mol. The minimum absolute atomic E-state index is 0.154. The molecule has 0 saturated carbocycles. The Hall–Kier alpha value is -1.39. The van der Waals surface area contributed by atoms with Gasteiger partial charge in [-0.05, 0) is 25.1 Å². The van der Waals surface area contributed by atoms with Crippen LogP contribution in [0.1, 0.15) is 36.7 Å². The van der Waals surface area contributed by atoms with Crippen molar-refractivity contribution in [2.24, 2.45) is 0 Å². The molecule has 0 N–H and O–H groups in total. The third kappa shape index (κ3) is 3.64. The lowest BCUT2D eigenvalue weighted by Crippen LogP contribution is -2.09. The summed E-state index contributed by atoms with van der Waals surface area (Å²) in [7, 11) is 0. The van der Waals surface area contributed by atoms with E-state index < -0.39 is 23.3 Å². The maximum absolute atomic E-state index is 12.7. The summed E-state index contributed by atoms with van der Waals surface area (Å²) in [5.74, 6) is -1.90. The highest BCUT2D eigenvalue weighted by Crippen LogP contribution is 2.31. The maximum atomic E-state index is 12.7. The maximum Gasteiger partial charge on any atom is 0.419 e. The molecule has 1 aromatic carbocycles. The highest BCUT2D eigenvalue weighted by atomic mass is 19.4. The van der Waals surface area contributed by atoms with Crippen LogP contribution in [-0.2, 0) is 6.18 Å². The van der Waals surface area contributed by atoms with Gasteiger partial charge in [0.15, 0.2) is 5.78 Å². The fourth-order valence-corrected chi connectivity index (χ4v) is 0.962. The number of hydrogen-bond acceptors (Lipinski definition) is 1. The summed E-state index contributed by atoms with van der Waals surface area (Å²) in [6.45, 7) is 5.12. The second-order valence-electron chi connectivity index (χ2n) is 2.75. The quantitative estimate of drug-likeness (QED) is 0.530. The normalized spacial score (nSPS) is 10.4. The van der Waals surface area contributed by atoms with E-state index in [2.05, 4.69) is 0 Å². The van der Waals surface area contributed by atoms with E-state index in [1.807, 2.05) is 13.8 Å². The molecule has 16 heavy (non-hydrogen) atoms. The topological polar surface area (TPSA) is 17.1 Å². The standard InChI is InChI=1S/C9H6F4O.C2H6/c1-5(14)6-2-3-8(10)7(4-6)9(11,12)13;1-2/h2-4H,1H3;1-2H3. The van der Waals surface area contributed by atoms with Crippen LogP contribution in [0.25, 0.3) is 0 Å². The molecule has 0 radical (unpaired) electrons. The predicted molar refractivity (Wildman–Crippen MR) is 52.8 cm³/mol. The molecule has 0 spiro atoms. The van der Waals surface area contributed by atoms with E-state index in [1.165, 1.54) is 0 Å². The van der Waals surface area contributed by atoms with Crippen molar-refractivity contribution in [3.05, 3.63) is 35.1 Å². The first-order chi connectivity index (χ1) is 7.32. The fourth-order valence-electron chi connectivity index (χ4n) is 0.962. The number of carbonyl (C=O) groups excluding carboxylic acids is 1. The predicted octanol–water partition coefficient (Wildman–Crippen LogP) is 4.07. The van der Waals surface area contributed by atoms with Gasteiger partial charge in [-0.1, -0.05) is 13.8 Å². The number of carbonyl (C=O) groups is 1. The van der Waals surface area contributed by atoms with Gasteiger partial charge < -0.3 is 0 Å². The zero-order valence-electron chi connectivity index (χ0n) is 9.15. The molecule has 0 heterocycles. The van der Waals surface area contributed by atoms with Crippen molar-refractivity contribution in [2.75, 3.05) is 0 Å². The van der Waals surface area contributed by atoms with E-state index >= 15 is 0 Å². The average Bonchev–Trinajstić information content (AvgIpc) is 2.19. The number of hydrogen-bond donors (Lipinski definition) is 0. The number of Topliss-reactive ketones (excluding diaryl/α,β-unsaturated/α-hetero) is 1. The van der Waals surface area contributed by atoms with Crippen LogP contribution in [-0.4, -0.2) is 5.78 Å². The van der Waals surface area contributed by atoms with E-state index in [-0.39, 0.29) is 5.56 Å². The Kier molecular flexibility index (Phi) is 5.14. The Morgan fingerprint density at radius 1 is 1.19 bits per heavy atom. The minimum atomic E-state index is -4.77. The van der Waals surface area contributed by atoms with Gasteiger partial charge >= 0.3 is 6.18 Å². The lowest BCUT2D eigenvalue weighted by atomic mass is 10.1. The molecule has 0 aliphatic rings. The molecule has 0 aliphatic carbocycles. The Bertz CT molecular complexity index is 369. The van der Waals surface area contributed by atoms with Gasteiger partial charge in [-0.15, -0.1) is 0 Å². The Labute approximate surface area is 91.1 Å². The molecular weight excluding hydrogens is 224 g/mol. The molecule has 90 valence electrons. The summed E-state index contributed by atoms with van der Waals surface area (Å²) in [4.78, 5) is 10.7. The molecule has 1 nitrogen and oxygen atoms in total. The molecule has 0 amide bonds. The number of alkyl halides is 3. The van der Waals surface area contributed by atoms with E-state index in [0.717, 1.165) is 13.0 Å². The minimum Gasteiger partial charge on any atom is -0.295 e. The largest absolute Gasteiger partial charge is 0.419 e. The van der Waals surface area contributed by atoms with Crippen LogP contribution in [0.2, 0.25) is 0 Å². The number of rotatable bonds is 1. The molecule has 0 aliphatic heterocycles. The molecule has 0 bridgehead atoms. The Balaban J connectivity index is 0.00000106. The third-order valence-electron chi connectivity index (χ3n) is 1.68. The molecule has 5 heteroatoms. The molecule has 0 atom stereocenters. The van der Waals surface area contributed by atoms with Crippen molar-refractivity contribution in [2.45, 2.75) is 26.9 Å². The number of halogens is 4. The highest BCUT2D eigenvalue weighted by Gasteiger charge is 2.34. The smallest absolute Gasteiger partial charge is 0.295 e. The van der Waals surface area contributed by atoms with Crippen LogP contribution in [0, 0.1) is 5.82 Å². The van der Waals surface area contributed by atoms with Crippen molar-refractivity contribution in [1.29, 1.82) is 0 Å². The summed E-state index contributed by atoms with van der Waals surface area (Å²) in [5, 5.41) is 0. The second kappa shape index (κ2) is 5.63. The lowest BCUT2D eigenvalue weighted by Gasteiger charge is -2.08. The zero-order valence-corrected chi connectivity index (χ0v) is 9.15. The summed E-state index contributed by atoms with van der Waals surface area (Å²) in [6.07, 6.45) is -4.77. The van der Waals surface area contributed by atoms with Crippen LogP contribution in [0.3, 0.4) is 0 Å². The number of ketones is 1. The molecule has 0 unspecified atom stereocenters. The third-order valence-corrected chi connectivity index (χ3v) is 1.68. The van der Waals surface area contributed by atoms with Gasteiger partial charge in [0.1, 0.15) is 5.82 Å². The van der Waals surface area contributed by atoms with Crippen molar-refractivity contribution >= 4 is 5.78 Å². The van der Waals surface area contributed by atoms with Crippen LogP contribution in [0.4, 0.5) is 17.6 Å². The number of benzene rings is 1. The summed E-state index contributed by atoms with van der Waals surface area (Å²) in [6, 6.07) is 2.17. The van der Waals surface area contributed by atoms with E-state index in [4.69, 9.17) is 0 Å². The van der Waals surface area contributed by atoms with Gasteiger partial charge in [-0.3, -0.25) is 4.79 Å². The van der Waals surface area contributed by atoms with Crippen LogP contribution < -0.4 is 0 Å². The van der Waals surface area contributed by atoms with Crippen molar-refractivity contribution < 1.29 is 22.4 Å². The zero-order chi connectivity index (χ0) is 12.9. The van der Waals surface area contributed by atoms with Crippen molar-refractivity contribution in [3.63, 3.8) is 0 Å². The molecule has 0 saturated heterocycles.